The molecule has 1 atom stereocenters. The van der Waals surface area contributed by atoms with Crippen molar-refractivity contribution in [2.24, 2.45) is 4.99 Å². The van der Waals surface area contributed by atoms with Gasteiger partial charge in [0.15, 0.2) is 22.9 Å². The highest BCUT2D eigenvalue weighted by Gasteiger charge is 2.33. The van der Waals surface area contributed by atoms with E-state index in [0.717, 1.165) is 0 Å². The number of fused-ring (bicyclic) bond motifs is 1. The number of rotatable bonds is 10. The Morgan fingerprint density at radius 3 is 2.46 bits per heavy atom. The number of allylic oxidation sites excluding steroid dienone is 1. The van der Waals surface area contributed by atoms with E-state index < -0.39 is 24.6 Å². The quantitative estimate of drug-likeness (QED) is 0.381. The molecule has 0 bridgehead atoms. The first kappa shape index (κ1) is 27.6. The van der Waals surface area contributed by atoms with Gasteiger partial charge in [0.1, 0.15) is 5.75 Å². The number of esters is 1. The van der Waals surface area contributed by atoms with Crippen molar-refractivity contribution in [3.8, 4) is 17.2 Å². The molecule has 1 aliphatic rings. The Morgan fingerprint density at radius 2 is 1.82 bits per heavy atom. The van der Waals surface area contributed by atoms with Crippen molar-refractivity contribution in [1.29, 1.82) is 0 Å². The second-order valence-electron chi connectivity index (χ2n) is 8.40. The van der Waals surface area contributed by atoms with Gasteiger partial charge in [-0.25, -0.2) is 14.6 Å². The summed E-state index contributed by atoms with van der Waals surface area (Å²) in [6.07, 6.45) is 1.69. The lowest BCUT2D eigenvalue weighted by Gasteiger charge is -2.24. The van der Waals surface area contributed by atoms with Crippen LogP contribution in [0.1, 0.15) is 37.9 Å². The third-order valence-electron chi connectivity index (χ3n) is 5.86. The van der Waals surface area contributed by atoms with Crippen LogP contribution >= 0.6 is 11.3 Å². The van der Waals surface area contributed by atoms with Gasteiger partial charge in [-0.3, -0.25) is 9.36 Å². The highest BCUT2D eigenvalue weighted by molar-refractivity contribution is 7.07. The third kappa shape index (κ3) is 5.88. The molecule has 0 amide bonds. The maximum absolute atomic E-state index is 13.8. The largest absolute Gasteiger partial charge is 0.494 e. The Hall–Kier alpha value is -4.38. The number of carboxylic acids is 1. The maximum atomic E-state index is 13.8. The van der Waals surface area contributed by atoms with E-state index in [-0.39, 0.29) is 17.9 Å². The zero-order valence-electron chi connectivity index (χ0n) is 21.9. The fourth-order valence-corrected chi connectivity index (χ4v) is 5.25. The SMILES string of the molecule is CCOC(=O)C1=C(C)N=c2s/c(=C\c3ccc(OCC(=O)O)c(OC)c3)c(=O)n2[C@H]1c1ccc(OCC)cc1. The number of carbonyl (C=O) groups is 2. The van der Waals surface area contributed by atoms with Crippen LogP contribution < -0.4 is 29.1 Å². The van der Waals surface area contributed by atoms with Crippen molar-refractivity contribution in [2.45, 2.75) is 26.8 Å². The minimum Gasteiger partial charge on any atom is -0.494 e. The van der Waals surface area contributed by atoms with Crippen LogP contribution in [-0.2, 0) is 14.3 Å². The molecule has 1 aromatic heterocycles. The monoisotopic (exact) mass is 552 g/mol. The molecule has 2 aromatic carbocycles. The number of aliphatic carboxylic acids is 1. The Balaban J connectivity index is 1.83. The van der Waals surface area contributed by atoms with Gasteiger partial charge in [-0.15, -0.1) is 0 Å². The number of carbonyl (C=O) groups excluding carboxylic acids is 1. The average molecular weight is 553 g/mol. The molecular formula is C28H28N2O8S. The number of ether oxygens (including phenoxy) is 4. The Kier molecular flexibility index (Phi) is 8.50. The van der Waals surface area contributed by atoms with E-state index in [1.807, 2.05) is 19.1 Å². The van der Waals surface area contributed by atoms with Gasteiger partial charge >= 0.3 is 11.9 Å². The number of thiazole rings is 1. The molecule has 10 nitrogen and oxygen atoms in total. The highest BCUT2D eigenvalue weighted by atomic mass is 32.1. The zero-order valence-corrected chi connectivity index (χ0v) is 22.7. The molecular weight excluding hydrogens is 524 g/mol. The van der Waals surface area contributed by atoms with Crippen molar-refractivity contribution in [1.82, 2.24) is 4.57 Å². The van der Waals surface area contributed by atoms with Crippen molar-refractivity contribution in [3.05, 3.63) is 84.5 Å². The summed E-state index contributed by atoms with van der Waals surface area (Å²) in [6, 6.07) is 11.4. The molecule has 0 fully saturated rings. The summed E-state index contributed by atoms with van der Waals surface area (Å²) in [6.45, 7) is 5.53. The van der Waals surface area contributed by atoms with E-state index in [9.17, 15) is 14.4 Å². The van der Waals surface area contributed by atoms with Crippen molar-refractivity contribution >= 4 is 29.4 Å². The molecule has 3 aromatic rings. The van der Waals surface area contributed by atoms with Crippen LogP contribution in [0.25, 0.3) is 6.08 Å². The van der Waals surface area contributed by atoms with Gasteiger partial charge in [0.05, 0.1) is 42.2 Å². The normalized spacial score (nSPS) is 14.9. The number of carboxylic acid groups (broad SMARTS) is 1. The molecule has 39 heavy (non-hydrogen) atoms. The summed E-state index contributed by atoms with van der Waals surface area (Å²) in [5.41, 5.74) is 1.80. The molecule has 0 unspecified atom stereocenters. The van der Waals surface area contributed by atoms with E-state index >= 15 is 0 Å². The number of benzene rings is 2. The van der Waals surface area contributed by atoms with Crippen molar-refractivity contribution in [3.63, 3.8) is 0 Å². The molecule has 1 N–H and O–H groups in total. The van der Waals surface area contributed by atoms with Crippen LogP contribution in [0.2, 0.25) is 0 Å². The van der Waals surface area contributed by atoms with Crippen LogP contribution in [0, 0.1) is 0 Å². The summed E-state index contributed by atoms with van der Waals surface area (Å²) in [5, 5.41) is 8.89. The predicted molar refractivity (Wildman–Crippen MR) is 144 cm³/mol. The van der Waals surface area contributed by atoms with E-state index in [0.29, 0.717) is 49.8 Å². The Morgan fingerprint density at radius 1 is 1.08 bits per heavy atom. The number of nitrogens with zero attached hydrogens (tertiary/aromatic N) is 2. The number of hydrogen-bond acceptors (Lipinski definition) is 9. The fraction of sp³-hybridized carbons (Fsp3) is 0.286. The lowest BCUT2D eigenvalue weighted by atomic mass is 9.96. The summed E-state index contributed by atoms with van der Waals surface area (Å²) in [4.78, 5) is 42.7. The van der Waals surface area contributed by atoms with E-state index in [1.165, 1.54) is 23.0 Å². The first-order valence-corrected chi connectivity index (χ1v) is 13.0. The van der Waals surface area contributed by atoms with Gasteiger partial charge in [0.2, 0.25) is 0 Å². The molecule has 0 aliphatic carbocycles. The van der Waals surface area contributed by atoms with Gasteiger partial charge in [-0.2, -0.15) is 0 Å². The second-order valence-corrected chi connectivity index (χ2v) is 9.41. The maximum Gasteiger partial charge on any atom is 0.341 e. The summed E-state index contributed by atoms with van der Waals surface area (Å²) in [5.74, 6) is -0.374. The minimum absolute atomic E-state index is 0.185. The van der Waals surface area contributed by atoms with Crippen LogP contribution in [0.3, 0.4) is 0 Å². The Bertz CT molecular complexity index is 1600. The standard InChI is InChI=1S/C28H28N2O8S/c1-5-36-19-10-8-18(9-11-19)25-24(27(34)37-6-2)16(3)29-28-30(25)26(33)22(39-28)14-17-7-12-20(21(13-17)35-4)38-15-23(31)32/h7-14,25H,5-6,15H2,1-4H3,(H,31,32)/b22-14-/t25-/m0/s1. The zero-order chi connectivity index (χ0) is 28.1. The third-order valence-corrected chi connectivity index (χ3v) is 6.84. The molecule has 0 radical (unpaired) electrons. The predicted octanol–water partition coefficient (Wildman–Crippen LogP) is 2.67. The fourth-order valence-electron chi connectivity index (χ4n) is 4.20. The van der Waals surface area contributed by atoms with Crippen LogP contribution in [0.4, 0.5) is 0 Å². The molecule has 1 aliphatic heterocycles. The molecule has 0 saturated heterocycles. The average Bonchev–Trinajstić information content (AvgIpc) is 3.21. The van der Waals surface area contributed by atoms with E-state index in [4.69, 9.17) is 24.1 Å². The second kappa shape index (κ2) is 12.0. The topological polar surface area (TPSA) is 126 Å². The number of methoxy groups -OCH3 is 1. The van der Waals surface area contributed by atoms with E-state index in [1.54, 1.807) is 50.3 Å². The summed E-state index contributed by atoms with van der Waals surface area (Å²) in [7, 11) is 1.44. The lowest BCUT2D eigenvalue weighted by molar-refractivity contribution is -0.140. The first-order chi connectivity index (χ1) is 18.8. The van der Waals surface area contributed by atoms with Crippen molar-refractivity contribution < 1.29 is 33.6 Å². The molecule has 2 heterocycles. The first-order valence-electron chi connectivity index (χ1n) is 12.2. The number of hydrogen-bond donors (Lipinski definition) is 1. The molecule has 4 rings (SSSR count). The molecule has 204 valence electrons. The minimum atomic E-state index is -1.11. The molecule has 0 spiro atoms. The van der Waals surface area contributed by atoms with Gasteiger partial charge < -0.3 is 24.1 Å². The number of aromatic nitrogens is 1. The molecule has 11 heteroatoms. The molecule has 0 saturated carbocycles. The summed E-state index contributed by atoms with van der Waals surface area (Å²) < 4.78 is 23.4. The highest BCUT2D eigenvalue weighted by Crippen LogP contribution is 2.32. The van der Waals surface area contributed by atoms with Crippen LogP contribution in [0.5, 0.6) is 17.2 Å². The van der Waals surface area contributed by atoms with Gasteiger partial charge in [0.25, 0.3) is 5.56 Å². The van der Waals surface area contributed by atoms with Crippen LogP contribution in [0.15, 0.2) is 63.5 Å². The lowest BCUT2D eigenvalue weighted by Crippen LogP contribution is -2.39. The smallest absolute Gasteiger partial charge is 0.341 e. The van der Waals surface area contributed by atoms with Crippen LogP contribution in [-0.4, -0.2) is 48.5 Å². The summed E-state index contributed by atoms with van der Waals surface area (Å²) >= 11 is 1.20. The van der Waals surface area contributed by atoms with E-state index in [2.05, 4.69) is 4.99 Å². The van der Waals surface area contributed by atoms with Gasteiger partial charge in [-0.05, 0) is 62.2 Å². The van der Waals surface area contributed by atoms with Gasteiger partial charge in [-0.1, -0.05) is 29.5 Å². The van der Waals surface area contributed by atoms with Gasteiger partial charge in [0, 0.05) is 0 Å². The Labute approximate surface area is 228 Å². The van der Waals surface area contributed by atoms with Crippen molar-refractivity contribution in [2.75, 3.05) is 26.9 Å².